The van der Waals surface area contributed by atoms with E-state index < -0.39 is 6.10 Å². The second-order valence-electron chi connectivity index (χ2n) is 6.33. The van der Waals surface area contributed by atoms with E-state index in [1.54, 1.807) is 19.1 Å². The molecule has 1 unspecified atom stereocenters. The third kappa shape index (κ3) is 4.53. The van der Waals surface area contributed by atoms with Crippen molar-refractivity contribution >= 4 is 11.6 Å². The maximum absolute atomic E-state index is 10.5. The molecule has 0 aliphatic carbocycles. The molecule has 0 saturated heterocycles. The second-order valence-corrected chi connectivity index (χ2v) is 6.77. The first kappa shape index (κ1) is 16.9. The van der Waals surface area contributed by atoms with Crippen LogP contribution in [0.25, 0.3) is 0 Å². The number of rotatable bonds is 5. The molecule has 5 nitrogen and oxygen atoms in total. The zero-order valence-corrected chi connectivity index (χ0v) is 14.1. The van der Waals surface area contributed by atoms with Gasteiger partial charge in [0.25, 0.3) is 0 Å². The van der Waals surface area contributed by atoms with Gasteiger partial charge in [-0.3, -0.25) is 4.90 Å². The smallest absolute Gasteiger partial charge is 0.230 e. The largest absolute Gasteiger partial charge is 0.424 e. The van der Waals surface area contributed by atoms with Gasteiger partial charge in [-0.1, -0.05) is 23.7 Å². The third-order valence-corrected chi connectivity index (χ3v) is 3.74. The zero-order chi connectivity index (χ0) is 16.3. The van der Waals surface area contributed by atoms with Crippen LogP contribution in [0.4, 0.5) is 0 Å². The maximum atomic E-state index is 10.5. The minimum Gasteiger partial charge on any atom is -0.424 e. The number of aliphatic hydroxyl groups is 1. The van der Waals surface area contributed by atoms with Crippen molar-refractivity contribution in [2.24, 2.45) is 0 Å². The van der Waals surface area contributed by atoms with Gasteiger partial charge >= 0.3 is 0 Å². The predicted molar refractivity (Wildman–Crippen MR) is 85.6 cm³/mol. The van der Waals surface area contributed by atoms with Crippen LogP contribution < -0.4 is 0 Å². The number of halogens is 1. The summed E-state index contributed by atoms with van der Waals surface area (Å²) in [4.78, 5) is 2.11. The number of aryl methyl sites for hydroxylation is 1. The van der Waals surface area contributed by atoms with E-state index in [0.717, 1.165) is 5.56 Å². The molecule has 6 heteroatoms. The van der Waals surface area contributed by atoms with Gasteiger partial charge in [-0.15, -0.1) is 10.2 Å². The summed E-state index contributed by atoms with van der Waals surface area (Å²) in [5.74, 6) is 1.10. The van der Waals surface area contributed by atoms with Crippen LogP contribution in [-0.2, 0) is 6.54 Å². The zero-order valence-electron chi connectivity index (χ0n) is 13.4. The molecule has 1 aromatic carbocycles. The summed E-state index contributed by atoms with van der Waals surface area (Å²) in [6, 6.07) is 7.24. The predicted octanol–water partition coefficient (Wildman–Crippen LogP) is 3.37. The van der Waals surface area contributed by atoms with Crippen LogP contribution in [0.5, 0.6) is 0 Å². The van der Waals surface area contributed by atoms with Crippen molar-refractivity contribution < 1.29 is 9.52 Å². The van der Waals surface area contributed by atoms with Gasteiger partial charge in [-0.05, 0) is 38.5 Å². The maximum Gasteiger partial charge on any atom is 0.230 e. The van der Waals surface area contributed by atoms with Crippen molar-refractivity contribution in [2.45, 2.75) is 45.9 Å². The number of β-amino-alcohol motifs (C(OH)–C–C–N with tert-alkyl or cyclic N) is 1. The van der Waals surface area contributed by atoms with E-state index in [1.165, 1.54) is 0 Å². The van der Waals surface area contributed by atoms with Gasteiger partial charge in [0, 0.05) is 24.0 Å². The van der Waals surface area contributed by atoms with Crippen LogP contribution in [-0.4, -0.2) is 32.3 Å². The molecule has 0 aliphatic rings. The molecule has 0 fully saturated rings. The Morgan fingerprint density at radius 3 is 2.36 bits per heavy atom. The van der Waals surface area contributed by atoms with Crippen LogP contribution in [0.1, 0.15) is 44.2 Å². The van der Waals surface area contributed by atoms with E-state index in [9.17, 15) is 5.11 Å². The average Bonchev–Trinajstić information content (AvgIpc) is 2.83. The summed E-state index contributed by atoms with van der Waals surface area (Å²) in [6.07, 6.45) is -0.611. The Morgan fingerprint density at radius 2 is 1.86 bits per heavy atom. The van der Waals surface area contributed by atoms with Gasteiger partial charge in [0.2, 0.25) is 11.8 Å². The number of hydrogen-bond donors (Lipinski definition) is 1. The molecule has 1 heterocycles. The van der Waals surface area contributed by atoms with Crippen molar-refractivity contribution in [1.82, 2.24) is 15.1 Å². The summed E-state index contributed by atoms with van der Waals surface area (Å²) in [5, 5.41) is 19.0. The van der Waals surface area contributed by atoms with Gasteiger partial charge in [0.1, 0.15) is 0 Å². The lowest BCUT2D eigenvalue weighted by Crippen LogP contribution is -2.43. The highest BCUT2D eigenvalue weighted by atomic mass is 35.5. The summed E-state index contributed by atoms with van der Waals surface area (Å²) in [7, 11) is 0. The minimum absolute atomic E-state index is 0.143. The average molecular weight is 324 g/mol. The standard InChI is InChI=1S/C16H22ClN3O2/c1-11-18-19-15(22-11)10-20(16(2,3)4)9-14(21)12-5-7-13(17)8-6-12/h5-8,14,21H,9-10H2,1-4H3. The van der Waals surface area contributed by atoms with Crippen molar-refractivity contribution in [1.29, 1.82) is 0 Å². The van der Waals surface area contributed by atoms with Gasteiger partial charge in [-0.2, -0.15) is 0 Å². The van der Waals surface area contributed by atoms with Gasteiger partial charge in [-0.25, -0.2) is 0 Å². The number of benzene rings is 1. The molecular formula is C16H22ClN3O2. The Morgan fingerprint density at radius 1 is 1.23 bits per heavy atom. The Balaban J connectivity index is 2.11. The van der Waals surface area contributed by atoms with E-state index in [0.29, 0.717) is 29.9 Å². The topological polar surface area (TPSA) is 62.4 Å². The summed E-state index contributed by atoms with van der Waals surface area (Å²) >= 11 is 5.88. The Labute approximate surface area is 135 Å². The van der Waals surface area contributed by atoms with Crippen molar-refractivity contribution in [3.8, 4) is 0 Å². The Hall–Kier alpha value is -1.43. The van der Waals surface area contributed by atoms with Crippen molar-refractivity contribution in [2.75, 3.05) is 6.54 Å². The van der Waals surface area contributed by atoms with E-state index in [2.05, 4.69) is 35.9 Å². The summed E-state index contributed by atoms with van der Waals surface area (Å²) in [6.45, 7) is 8.99. The molecule has 0 radical (unpaired) electrons. The molecule has 0 saturated carbocycles. The molecular weight excluding hydrogens is 302 g/mol. The van der Waals surface area contributed by atoms with Gasteiger partial charge in [0.05, 0.1) is 12.6 Å². The summed E-state index contributed by atoms with van der Waals surface area (Å²) in [5.41, 5.74) is 0.691. The Bertz CT molecular complexity index is 605. The highest BCUT2D eigenvalue weighted by molar-refractivity contribution is 6.30. The van der Waals surface area contributed by atoms with E-state index >= 15 is 0 Å². The monoisotopic (exact) mass is 323 g/mol. The van der Waals surface area contributed by atoms with E-state index in [4.69, 9.17) is 16.0 Å². The lowest BCUT2D eigenvalue weighted by atomic mass is 10.0. The van der Waals surface area contributed by atoms with Crippen LogP contribution in [0.3, 0.4) is 0 Å². The highest BCUT2D eigenvalue weighted by Gasteiger charge is 2.26. The van der Waals surface area contributed by atoms with E-state index in [-0.39, 0.29) is 5.54 Å². The van der Waals surface area contributed by atoms with Crippen LogP contribution in [0.2, 0.25) is 5.02 Å². The molecule has 120 valence electrons. The first-order valence-corrected chi connectivity index (χ1v) is 7.61. The second kappa shape index (κ2) is 6.77. The molecule has 0 spiro atoms. The molecule has 0 aliphatic heterocycles. The molecule has 1 atom stereocenters. The van der Waals surface area contributed by atoms with Crippen LogP contribution in [0.15, 0.2) is 28.7 Å². The molecule has 2 rings (SSSR count). The number of aromatic nitrogens is 2. The molecule has 1 aromatic heterocycles. The first-order chi connectivity index (χ1) is 10.3. The van der Waals surface area contributed by atoms with Crippen molar-refractivity contribution in [3.05, 3.63) is 46.6 Å². The quantitative estimate of drug-likeness (QED) is 0.914. The fraction of sp³-hybridized carbons (Fsp3) is 0.500. The normalized spacial score (nSPS) is 13.6. The Kier molecular flexibility index (Phi) is 5.21. The summed E-state index contributed by atoms with van der Waals surface area (Å²) < 4.78 is 5.45. The van der Waals surface area contributed by atoms with Gasteiger partial charge in [0.15, 0.2) is 0 Å². The number of nitrogens with zero attached hydrogens (tertiary/aromatic N) is 3. The molecule has 0 amide bonds. The lowest BCUT2D eigenvalue weighted by Gasteiger charge is -2.36. The minimum atomic E-state index is -0.611. The van der Waals surface area contributed by atoms with E-state index in [1.807, 2.05) is 12.1 Å². The first-order valence-electron chi connectivity index (χ1n) is 7.23. The number of hydrogen-bond acceptors (Lipinski definition) is 5. The fourth-order valence-electron chi connectivity index (χ4n) is 2.14. The third-order valence-electron chi connectivity index (χ3n) is 3.49. The molecule has 2 aromatic rings. The lowest BCUT2D eigenvalue weighted by molar-refractivity contribution is 0.0460. The fourth-order valence-corrected chi connectivity index (χ4v) is 2.27. The molecule has 0 bridgehead atoms. The number of aliphatic hydroxyl groups excluding tert-OH is 1. The molecule has 1 N–H and O–H groups in total. The SMILES string of the molecule is Cc1nnc(CN(CC(O)c2ccc(Cl)cc2)C(C)(C)C)o1. The van der Waals surface area contributed by atoms with Crippen LogP contribution in [0, 0.1) is 6.92 Å². The highest BCUT2D eigenvalue weighted by Crippen LogP contribution is 2.23. The van der Waals surface area contributed by atoms with Gasteiger partial charge < -0.3 is 9.52 Å². The van der Waals surface area contributed by atoms with Crippen LogP contribution >= 0.6 is 11.6 Å². The van der Waals surface area contributed by atoms with Crippen molar-refractivity contribution in [3.63, 3.8) is 0 Å². The molecule has 22 heavy (non-hydrogen) atoms.